The van der Waals surface area contributed by atoms with E-state index < -0.39 is 21.7 Å². The number of nitrogens with one attached hydrogen (secondary N) is 2. The molecule has 1 saturated carbocycles. The summed E-state index contributed by atoms with van der Waals surface area (Å²) in [7, 11) is -2.12. The number of carboxylic acid groups (broad SMARTS) is 1. The molecule has 1 amide bonds. The number of ether oxygens (including phenoxy) is 1. The highest BCUT2D eigenvalue weighted by Crippen LogP contribution is 2.41. The summed E-state index contributed by atoms with van der Waals surface area (Å²) in [5.74, 6) is 1.42. The lowest BCUT2D eigenvalue weighted by Gasteiger charge is -2.26. The van der Waals surface area contributed by atoms with Gasteiger partial charge >= 0.3 is 6.09 Å². The van der Waals surface area contributed by atoms with Crippen molar-refractivity contribution in [3.8, 4) is 11.5 Å². The van der Waals surface area contributed by atoms with Gasteiger partial charge in [0.25, 0.3) is 0 Å². The van der Waals surface area contributed by atoms with Gasteiger partial charge in [0.15, 0.2) is 5.82 Å². The molecule has 1 aliphatic rings. The third-order valence-corrected chi connectivity index (χ3v) is 7.70. The molecule has 0 bridgehead atoms. The Morgan fingerprint density at radius 2 is 2.00 bits per heavy atom. The molecule has 12 nitrogen and oxygen atoms in total. The van der Waals surface area contributed by atoms with Crippen molar-refractivity contribution in [3.63, 3.8) is 0 Å². The summed E-state index contributed by atoms with van der Waals surface area (Å²) in [6.45, 7) is 5.46. The van der Waals surface area contributed by atoms with Crippen molar-refractivity contribution >= 4 is 39.4 Å². The first-order valence-corrected chi connectivity index (χ1v) is 15.0. The normalized spacial score (nSPS) is 18.1. The minimum atomic E-state index is -3.73. The molecule has 1 fully saturated rings. The molecule has 0 spiro atoms. The van der Waals surface area contributed by atoms with Gasteiger partial charge in [-0.05, 0) is 36.8 Å². The van der Waals surface area contributed by atoms with Gasteiger partial charge in [0.1, 0.15) is 11.4 Å². The van der Waals surface area contributed by atoms with Crippen molar-refractivity contribution in [2.24, 2.45) is 11.8 Å². The van der Waals surface area contributed by atoms with Gasteiger partial charge in [-0.25, -0.2) is 18.2 Å². The van der Waals surface area contributed by atoms with Gasteiger partial charge < -0.3 is 24.5 Å². The molecule has 216 valence electrons. The van der Waals surface area contributed by atoms with Crippen molar-refractivity contribution in [3.05, 3.63) is 52.9 Å². The average Bonchev–Trinajstić information content (AvgIpc) is 3.33. The number of amides is 1. The predicted octanol–water partition coefficient (Wildman–Crippen LogP) is 3.99. The Morgan fingerprint density at radius 3 is 2.60 bits per heavy atom. The first-order chi connectivity index (χ1) is 18.9. The zero-order chi connectivity index (χ0) is 29.1. The summed E-state index contributed by atoms with van der Waals surface area (Å²) in [6, 6.07) is 11.0. The molecule has 14 heteroatoms. The highest BCUT2D eigenvalue weighted by molar-refractivity contribution is 7.92. The maximum absolute atomic E-state index is 12.1. The second-order valence-electron chi connectivity index (χ2n) is 10.3. The molecule has 2 heterocycles. The van der Waals surface area contributed by atoms with E-state index in [-0.39, 0.29) is 34.6 Å². The number of methoxy groups -OCH3 is 1. The van der Waals surface area contributed by atoms with Crippen LogP contribution in [0.1, 0.15) is 31.7 Å². The van der Waals surface area contributed by atoms with Crippen LogP contribution in [0.3, 0.4) is 0 Å². The van der Waals surface area contributed by atoms with Gasteiger partial charge in [-0.1, -0.05) is 48.9 Å². The van der Waals surface area contributed by atoms with E-state index in [1.807, 2.05) is 35.2 Å². The third kappa shape index (κ3) is 7.40. The van der Waals surface area contributed by atoms with Gasteiger partial charge in [0.2, 0.25) is 21.8 Å². The van der Waals surface area contributed by atoms with Crippen LogP contribution in [0.2, 0.25) is 5.02 Å². The van der Waals surface area contributed by atoms with Gasteiger partial charge in [0.05, 0.1) is 23.4 Å². The summed E-state index contributed by atoms with van der Waals surface area (Å²) in [4.78, 5) is 18.2. The minimum Gasteiger partial charge on any atom is -0.465 e. The standard InChI is InChI=1S/C26H33ClN6O6S/c1-16-12-18(16)15-33(10-11-38-3)20-13-19(21(27)22(28-20)32-40(4,36)37)23-30-31-24(39-23)26(2,29-25(34)35)14-17-8-6-5-7-9-17/h5-9,13,16,18,29H,10-12,14-15H2,1-4H3,(H,28,32)(H,34,35)/t16?,18?,26-/m1/s1. The molecule has 0 radical (unpaired) electrons. The average molecular weight is 593 g/mol. The number of hydrogen-bond acceptors (Lipinski definition) is 9. The molecule has 3 aromatic rings. The largest absolute Gasteiger partial charge is 0.465 e. The van der Waals surface area contributed by atoms with E-state index in [1.54, 1.807) is 20.1 Å². The van der Waals surface area contributed by atoms with Crippen LogP contribution in [0, 0.1) is 11.8 Å². The fourth-order valence-electron chi connectivity index (χ4n) is 4.48. The highest BCUT2D eigenvalue weighted by atomic mass is 35.5. The molecule has 2 unspecified atom stereocenters. The smallest absolute Gasteiger partial charge is 0.405 e. The van der Waals surface area contributed by atoms with Crippen LogP contribution >= 0.6 is 11.6 Å². The summed E-state index contributed by atoms with van der Waals surface area (Å²) in [6.07, 6.45) is 1.07. The number of rotatable bonds is 13. The topological polar surface area (TPSA) is 160 Å². The fraction of sp³-hybridized carbons (Fsp3) is 0.462. The molecular weight excluding hydrogens is 560 g/mol. The van der Waals surface area contributed by atoms with E-state index in [1.165, 1.54) is 0 Å². The molecule has 4 rings (SSSR count). The summed E-state index contributed by atoms with van der Waals surface area (Å²) >= 11 is 6.64. The maximum Gasteiger partial charge on any atom is 0.405 e. The number of sulfonamides is 1. The van der Waals surface area contributed by atoms with E-state index >= 15 is 0 Å². The summed E-state index contributed by atoms with van der Waals surface area (Å²) < 4.78 is 38.0. The molecule has 3 N–H and O–H groups in total. The molecule has 1 aromatic carbocycles. The Morgan fingerprint density at radius 1 is 1.30 bits per heavy atom. The van der Waals surface area contributed by atoms with E-state index in [0.29, 0.717) is 37.4 Å². The molecule has 0 saturated heterocycles. The lowest BCUT2D eigenvalue weighted by molar-refractivity contribution is 0.172. The van der Waals surface area contributed by atoms with Crippen molar-refractivity contribution in [2.45, 2.75) is 32.2 Å². The van der Waals surface area contributed by atoms with Crippen molar-refractivity contribution in [2.75, 3.05) is 42.7 Å². The SMILES string of the molecule is COCCN(CC1CC1C)c1cc(-c2nnc([C@@](C)(Cc3ccccc3)NC(=O)O)o2)c(Cl)c(NS(C)(=O)=O)n1. The van der Waals surface area contributed by atoms with Crippen LogP contribution < -0.4 is 14.9 Å². The highest BCUT2D eigenvalue weighted by Gasteiger charge is 2.37. The van der Waals surface area contributed by atoms with E-state index in [4.69, 9.17) is 20.8 Å². The van der Waals surface area contributed by atoms with Crippen molar-refractivity contribution in [1.29, 1.82) is 0 Å². The number of benzene rings is 1. The van der Waals surface area contributed by atoms with Crippen molar-refractivity contribution in [1.82, 2.24) is 20.5 Å². The zero-order valence-electron chi connectivity index (χ0n) is 22.7. The summed E-state index contributed by atoms with van der Waals surface area (Å²) in [5.41, 5.74) is -0.160. The van der Waals surface area contributed by atoms with Gasteiger partial charge in [-0.3, -0.25) is 4.72 Å². The number of aromatic nitrogens is 3. The number of nitrogens with zero attached hydrogens (tertiary/aromatic N) is 4. The Labute approximate surface area is 238 Å². The van der Waals surface area contributed by atoms with Crippen molar-refractivity contribution < 1.29 is 27.5 Å². The second-order valence-corrected chi connectivity index (χ2v) is 12.4. The Bertz CT molecular complexity index is 1450. The second kappa shape index (κ2) is 12.0. The Hall–Kier alpha value is -3.42. The first-order valence-electron chi connectivity index (χ1n) is 12.7. The van der Waals surface area contributed by atoms with Crippen LogP contribution in [0.15, 0.2) is 40.8 Å². The third-order valence-electron chi connectivity index (χ3n) is 6.76. The van der Waals surface area contributed by atoms with E-state index in [2.05, 4.69) is 32.1 Å². The molecule has 1 aliphatic carbocycles. The molecule has 2 aromatic heterocycles. The Kier molecular flexibility index (Phi) is 8.86. The number of halogens is 1. The van der Waals surface area contributed by atoms with Gasteiger partial charge in [-0.2, -0.15) is 0 Å². The number of carbonyl (C=O) groups is 1. The molecule has 3 atom stereocenters. The van der Waals surface area contributed by atoms with Crippen LogP contribution in [-0.4, -0.2) is 67.9 Å². The maximum atomic E-state index is 12.1. The van der Waals surface area contributed by atoms with Crippen LogP contribution in [0.5, 0.6) is 0 Å². The summed E-state index contributed by atoms with van der Waals surface area (Å²) in [5, 5.41) is 20.3. The first kappa shape index (κ1) is 29.6. The van der Waals surface area contributed by atoms with Gasteiger partial charge in [-0.15, -0.1) is 10.2 Å². The van der Waals surface area contributed by atoms with E-state index in [9.17, 15) is 18.3 Å². The predicted molar refractivity (Wildman–Crippen MR) is 151 cm³/mol. The Balaban J connectivity index is 1.77. The number of anilines is 2. The number of hydrogen-bond donors (Lipinski definition) is 3. The van der Waals surface area contributed by atoms with Crippen LogP contribution in [-0.2, 0) is 26.7 Å². The molecular formula is C26H33ClN6O6S. The quantitative estimate of drug-likeness (QED) is 0.265. The van der Waals surface area contributed by atoms with Gasteiger partial charge in [0, 0.05) is 26.6 Å². The molecule has 0 aliphatic heterocycles. The minimum absolute atomic E-state index is 0.0156. The lowest BCUT2D eigenvalue weighted by Crippen LogP contribution is -2.44. The van der Waals surface area contributed by atoms with E-state index in [0.717, 1.165) is 18.2 Å². The fourth-order valence-corrected chi connectivity index (χ4v) is 5.26. The monoisotopic (exact) mass is 592 g/mol. The number of pyridine rings is 1. The van der Waals surface area contributed by atoms with Crippen LogP contribution in [0.4, 0.5) is 16.4 Å². The van der Waals surface area contributed by atoms with Crippen LogP contribution in [0.25, 0.3) is 11.5 Å². The lowest BCUT2D eigenvalue weighted by atomic mass is 9.93. The zero-order valence-corrected chi connectivity index (χ0v) is 24.3. The molecule has 40 heavy (non-hydrogen) atoms.